The summed E-state index contributed by atoms with van der Waals surface area (Å²) in [6, 6.07) is -2.29. The van der Waals surface area contributed by atoms with E-state index in [1.54, 1.807) is 0 Å². The Morgan fingerprint density at radius 2 is 1.90 bits per heavy atom. The van der Waals surface area contributed by atoms with E-state index in [9.17, 15) is 27.6 Å². The first kappa shape index (κ1) is 17.1. The normalized spacial score (nSPS) is 21.6. The highest BCUT2D eigenvalue weighted by atomic mass is 19.4. The third kappa shape index (κ3) is 3.19. The van der Waals surface area contributed by atoms with Gasteiger partial charge in [0.1, 0.15) is 6.04 Å². The van der Waals surface area contributed by atoms with E-state index in [1.165, 1.54) is 5.32 Å². The zero-order chi connectivity index (χ0) is 16.4. The monoisotopic (exact) mass is 312 g/mol. The number of urea groups is 1. The second-order valence-corrected chi connectivity index (χ2v) is 4.73. The fourth-order valence-corrected chi connectivity index (χ4v) is 1.92. The van der Waals surface area contributed by atoms with Crippen LogP contribution in [0.3, 0.4) is 0 Å². The number of hydrogen-bond donors (Lipinski definition) is 2. The van der Waals surface area contributed by atoms with Gasteiger partial charge in [-0.15, -0.1) is 0 Å². The van der Waals surface area contributed by atoms with Gasteiger partial charge in [0, 0.05) is 6.54 Å². The molecule has 0 radical (unpaired) electrons. The number of nitrogens with one attached hydrogen (secondary N) is 1. The van der Waals surface area contributed by atoms with Gasteiger partial charge in [-0.05, 0) is 19.8 Å². The summed E-state index contributed by atoms with van der Waals surface area (Å²) in [5, 5.41) is 10.2. The lowest BCUT2D eigenvalue weighted by atomic mass is 10.0. The van der Waals surface area contributed by atoms with Crippen molar-refractivity contribution >= 4 is 18.0 Å². The first-order chi connectivity index (χ1) is 9.54. The quantitative estimate of drug-likeness (QED) is 0.749. The second-order valence-electron chi connectivity index (χ2n) is 4.73. The Hall–Kier alpha value is -2.00. The molecule has 1 fully saturated rings. The van der Waals surface area contributed by atoms with E-state index in [4.69, 9.17) is 5.11 Å². The number of carbonyl (C=O) groups excluding carboxylic acids is 2. The fourth-order valence-electron chi connectivity index (χ4n) is 1.92. The number of nitrogens with zero attached hydrogens (tertiary/aromatic N) is 1. The molecule has 7 nitrogen and oxygen atoms in total. The van der Waals surface area contributed by atoms with Gasteiger partial charge >= 0.3 is 24.1 Å². The number of rotatable bonds is 3. The summed E-state index contributed by atoms with van der Waals surface area (Å²) in [5.74, 6) is -3.00. The van der Waals surface area contributed by atoms with E-state index in [-0.39, 0.29) is 13.0 Å². The van der Waals surface area contributed by atoms with Crippen LogP contribution in [0.4, 0.5) is 18.0 Å². The van der Waals surface area contributed by atoms with Gasteiger partial charge in [0.15, 0.2) is 0 Å². The minimum absolute atomic E-state index is 0.0408. The average molecular weight is 312 g/mol. The summed E-state index contributed by atoms with van der Waals surface area (Å²) in [5.41, 5.74) is -3.44. The van der Waals surface area contributed by atoms with Crippen molar-refractivity contribution in [3.8, 4) is 0 Å². The number of ether oxygens (including phenoxy) is 1. The first-order valence-electron chi connectivity index (χ1n) is 6.01. The van der Waals surface area contributed by atoms with Crippen molar-refractivity contribution in [2.75, 3.05) is 13.7 Å². The maximum Gasteiger partial charge on any atom is 0.422 e. The molecule has 1 rings (SSSR count). The lowest BCUT2D eigenvalue weighted by molar-refractivity contribution is -0.203. The molecule has 120 valence electrons. The van der Waals surface area contributed by atoms with Crippen LogP contribution in [0, 0.1) is 0 Å². The standard InChI is InChI=1S/C11H15F3N2O5/c1-10(8(18)19,11(12,13)14)15-9(20)16-5-3-4-6(16)7(17)21-2/h6H,3-5H2,1-2H3,(H,15,20)(H,18,19). The molecule has 1 aliphatic heterocycles. The van der Waals surface area contributed by atoms with Crippen molar-refractivity contribution in [1.82, 2.24) is 10.2 Å². The van der Waals surface area contributed by atoms with E-state index >= 15 is 0 Å². The molecule has 0 aromatic heterocycles. The summed E-state index contributed by atoms with van der Waals surface area (Å²) in [6.45, 7) is 0.385. The van der Waals surface area contributed by atoms with Crippen LogP contribution < -0.4 is 5.32 Å². The summed E-state index contributed by atoms with van der Waals surface area (Å²) < 4.78 is 42.9. The highest BCUT2D eigenvalue weighted by Crippen LogP contribution is 2.31. The van der Waals surface area contributed by atoms with Crippen molar-refractivity contribution in [1.29, 1.82) is 0 Å². The number of alkyl halides is 3. The Balaban J connectivity index is 2.93. The van der Waals surface area contributed by atoms with Crippen LogP contribution in [0.5, 0.6) is 0 Å². The van der Waals surface area contributed by atoms with Crippen LogP contribution in [0.1, 0.15) is 19.8 Å². The van der Waals surface area contributed by atoms with Gasteiger partial charge in [-0.3, -0.25) is 0 Å². The maximum atomic E-state index is 12.8. The molecule has 0 aliphatic carbocycles. The van der Waals surface area contributed by atoms with E-state index in [2.05, 4.69) is 4.74 Å². The van der Waals surface area contributed by atoms with Crippen molar-refractivity contribution in [2.24, 2.45) is 0 Å². The fraction of sp³-hybridized carbons (Fsp3) is 0.727. The Kier molecular flexibility index (Phi) is 4.69. The molecule has 1 aliphatic rings. The molecule has 21 heavy (non-hydrogen) atoms. The molecule has 1 heterocycles. The molecule has 2 unspecified atom stereocenters. The topological polar surface area (TPSA) is 95.9 Å². The molecule has 2 atom stereocenters. The summed E-state index contributed by atoms with van der Waals surface area (Å²) >= 11 is 0. The van der Waals surface area contributed by atoms with Gasteiger partial charge in [-0.25, -0.2) is 14.4 Å². The number of hydrogen-bond acceptors (Lipinski definition) is 4. The third-order valence-electron chi connectivity index (χ3n) is 3.34. The summed E-state index contributed by atoms with van der Waals surface area (Å²) in [6.07, 6.45) is -4.53. The van der Waals surface area contributed by atoms with Gasteiger partial charge in [0.2, 0.25) is 5.54 Å². The smallest absolute Gasteiger partial charge is 0.422 e. The van der Waals surface area contributed by atoms with Gasteiger partial charge in [0.05, 0.1) is 7.11 Å². The maximum absolute atomic E-state index is 12.8. The number of carboxylic acids is 1. The predicted octanol–water partition coefficient (Wildman–Crippen LogP) is 0.739. The number of likely N-dealkylation sites (tertiary alicyclic amines) is 1. The van der Waals surface area contributed by atoms with Crippen LogP contribution in [0.15, 0.2) is 0 Å². The Labute approximate surface area is 118 Å². The molecule has 0 bridgehead atoms. The number of carbonyl (C=O) groups is 3. The zero-order valence-corrected chi connectivity index (χ0v) is 11.4. The molecule has 0 aromatic carbocycles. The predicted molar refractivity (Wildman–Crippen MR) is 62.4 cm³/mol. The van der Waals surface area contributed by atoms with Crippen molar-refractivity contribution < 1.29 is 37.4 Å². The van der Waals surface area contributed by atoms with Crippen LogP contribution in [0.2, 0.25) is 0 Å². The van der Waals surface area contributed by atoms with Crippen LogP contribution in [0.25, 0.3) is 0 Å². The van der Waals surface area contributed by atoms with E-state index in [1.807, 2.05) is 0 Å². The minimum Gasteiger partial charge on any atom is -0.479 e. The zero-order valence-electron chi connectivity index (χ0n) is 11.4. The largest absolute Gasteiger partial charge is 0.479 e. The SMILES string of the molecule is COC(=O)C1CCCN1C(=O)NC(C)(C(=O)O)C(F)(F)F. The molecule has 1 saturated heterocycles. The summed E-state index contributed by atoms with van der Waals surface area (Å²) in [4.78, 5) is 35.0. The number of halogens is 3. The minimum atomic E-state index is -5.19. The number of methoxy groups -OCH3 is 1. The molecule has 2 N–H and O–H groups in total. The van der Waals surface area contributed by atoms with E-state index < -0.39 is 35.7 Å². The lowest BCUT2D eigenvalue weighted by Gasteiger charge is -2.32. The van der Waals surface area contributed by atoms with E-state index in [0.29, 0.717) is 13.3 Å². The summed E-state index contributed by atoms with van der Waals surface area (Å²) in [7, 11) is 1.09. The highest BCUT2D eigenvalue weighted by molar-refractivity contribution is 5.89. The van der Waals surface area contributed by atoms with Gasteiger partial charge in [-0.1, -0.05) is 0 Å². The van der Waals surface area contributed by atoms with Gasteiger partial charge in [0.25, 0.3) is 0 Å². The lowest BCUT2D eigenvalue weighted by Crippen LogP contribution is -2.64. The molecular weight excluding hydrogens is 297 g/mol. The number of esters is 1. The Morgan fingerprint density at radius 1 is 1.33 bits per heavy atom. The Bertz CT molecular complexity index is 454. The molecule has 10 heteroatoms. The molecular formula is C11H15F3N2O5. The van der Waals surface area contributed by atoms with Crippen LogP contribution in [-0.4, -0.2) is 59.4 Å². The Morgan fingerprint density at radius 3 is 2.33 bits per heavy atom. The number of amides is 2. The average Bonchev–Trinajstić information content (AvgIpc) is 2.85. The van der Waals surface area contributed by atoms with Crippen molar-refractivity contribution in [2.45, 2.75) is 37.5 Å². The van der Waals surface area contributed by atoms with Crippen LogP contribution in [-0.2, 0) is 14.3 Å². The highest BCUT2D eigenvalue weighted by Gasteiger charge is 2.59. The number of carboxylic acid groups (broad SMARTS) is 1. The van der Waals surface area contributed by atoms with Crippen molar-refractivity contribution in [3.63, 3.8) is 0 Å². The van der Waals surface area contributed by atoms with Gasteiger partial charge in [-0.2, -0.15) is 13.2 Å². The molecule has 0 aromatic rings. The molecule has 0 spiro atoms. The third-order valence-corrected chi connectivity index (χ3v) is 3.34. The van der Waals surface area contributed by atoms with E-state index in [0.717, 1.165) is 12.0 Å². The first-order valence-corrected chi connectivity index (χ1v) is 6.01. The second kappa shape index (κ2) is 5.78. The van der Waals surface area contributed by atoms with Gasteiger partial charge < -0.3 is 20.1 Å². The van der Waals surface area contributed by atoms with Crippen molar-refractivity contribution in [3.05, 3.63) is 0 Å². The number of aliphatic carboxylic acids is 1. The molecule has 0 saturated carbocycles. The molecule has 2 amide bonds. The van der Waals surface area contributed by atoms with Crippen LogP contribution >= 0.6 is 0 Å².